The summed E-state index contributed by atoms with van der Waals surface area (Å²) in [4.78, 5) is 29.4. The Balaban J connectivity index is 1.30. The highest BCUT2D eigenvalue weighted by Crippen LogP contribution is 2.54. The van der Waals surface area contributed by atoms with Crippen molar-refractivity contribution in [2.24, 2.45) is 0 Å². The van der Waals surface area contributed by atoms with Crippen molar-refractivity contribution in [3.05, 3.63) is 149 Å². The Morgan fingerprint density at radius 2 is 1.30 bits per heavy atom. The van der Waals surface area contributed by atoms with Crippen LogP contribution in [0, 0.1) is 0 Å². The summed E-state index contributed by atoms with van der Waals surface area (Å²) in [5.41, 5.74) is 7.20. The molecule has 0 N–H and O–H groups in total. The lowest BCUT2D eigenvalue weighted by atomic mass is 9.72. The molecule has 1 aliphatic carbocycles. The predicted octanol–water partition coefficient (Wildman–Crippen LogP) is 9.57. The van der Waals surface area contributed by atoms with Crippen LogP contribution in [0.25, 0.3) is 27.6 Å². The quantitative estimate of drug-likeness (QED) is 0.157. The van der Waals surface area contributed by atoms with Crippen molar-refractivity contribution in [1.82, 2.24) is 0 Å². The molecule has 0 unspecified atom stereocenters. The lowest BCUT2D eigenvalue weighted by Gasteiger charge is -2.43. The fourth-order valence-corrected chi connectivity index (χ4v) is 6.91. The highest BCUT2D eigenvalue weighted by atomic mass is 16.5. The number of Topliss-reactive ketones (excluding diaryl/α,β-unsaturated/α-hetero) is 2. The van der Waals surface area contributed by atoms with Gasteiger partial charge in [0, 0.05) is 27.6 Å². The van der Waals surface area contributed by atoms with Crippen LogP contribution in [-0.4, -0.2) is 18.7 Å². The van der Waals surface area contributed by atoms with Gasteiger partial charge in [0.05, 0.1) is 24.1 Å². The molecule has 0 radical (unpaired) electrons. The summed E-state index contributed by atoms with van der Waals surface area (Å²) in [6.45, 7) is 4.49. The van der Waals surface area contributed by atoms with E-state index in [2.05, 4.69) is 79.4 Å². The van der Waals surface area contributed by atoms with Crippen LogP contribution in [0.15, 0.2) is 121 Å². The maximum atomic E-state index is 13.5. The van der Waals surface area contributed by atoms with Crippen LogP contribution in [0.3, 0.4) is 0 Å². The molecule has 4 nitrogen and oxygen atoms in total. The Labute approximate surface area is 255 Å². The molecule has 0 bridgehead atoms. The van der Waals surface area contributed by atoms with Gasteiger partial charge in [-0.1, -0.05) is 80.6 Å². The van der Waals surface area contributed by atoms with Crippen molar-refractivity contribution in [3.8, 4) is 5.75 Å². The molecule has 1 aliphatic heterocycles. The Morgan fingerprint density at radius 3 is 1.95 bits per heavy atom. The van der Waals surface area contributed by atoms with Crippen LogP contribution in [0.2, 0.25) is 0 Å². The molecule has 212 valence electrons. The molecule has 0 spiro atoms. The fourth-order valence-electron chi connectivity index (χ4n) is 6.91. The van der Waals surface area contributed by atoms with Gasteiger partial charge in [0.2, 0.25) is 0 Å². The van der Waals surface area contributed by atoms with Crippen molar-refractivity contribution in [1.29, 1.82) is 0 Å². The van der Waals surface area contributed by atoms with Gasteiger partial charge in [-0.25, -0.2) is 0 Å². The monoisotopic (exact) mass is 571 g/mol. The number of carbonyl (C=O) groups excluding carboxylic acids is 2. The van der Waals surface area contributed by atoms with E-state index in [0.29, 0.717) is 11.1 Å². The summed E-state index contributed by atoms with van der Waals surface area (Å²) in [6, 6.07) is 38.8. The Morgan fingerprint density at radius 1 is 0.659 bits per heavy atom. The predicted molar refractivity (Wildman–Crippen MR) is 178 cm³/mol. The maximum absolute atomic E-state index is 13.5. The highest BCUT2D eigenvalue weighted by molar-refractivity contribution is 6.42. The minimum atomic E-state index is -0.351. The number of hydrogen-bond donors (Lipinski definition) is 0. The minimum Gasteiger partial charge on any atom is -0.497 e. The zero-order chi connectivity index (χ0) is 30.2. The molecule has 1 heterocycles. The third-order valence-corrected chi connectivity index (χ3v) is 9.24. The SMILES string of the molecule is COc1ccc(N2c3ccc(C=C4C(=O)c5cc6ccccc6cc5C4=O)cc3C(C)(C)c3ccc4ccccc4c32)cc1. The van der Waals surface area contributed by atoms with E-state index in [4.69, 9.17) is 4.74 Å². The number of carbonyl (C=O) groups is 2. The number of hydrogen-bond acceptors (Lipinski definition) is 4. The van der Waals surface area contributed by atoms with Gasteiger partial charge >= 0.3 is 0 Å². The van der Waals surface area contributed by atoms with Crippen molar-refractivity contribution < 1.29 is 14.3 Å². The average Bonchev–Trinajstić information content (AvgIpc) is 3.28. The molecular formula is C40H29NO3. The molecule has 6 aromatic carbocycles. The summed E-state index contributed by atoms with van der Waals surface area (Å²) in [5, 5.41) is 4.26. The molecule has 0 saturated heterocycles. The maximum Gasteiger partial charge on any atom is 0.197 e. The first-order valence-corrected chi connectivity index (χ1v) is 14.8. The van der Waals surface area contributed by atoms with Crippen molar-refractivity contribution in [3.63, 3.8) is 0 Å². The Bertz CT molecular complexity index is 2170. The smallest absolute Gasteiger partial charge is 0.197 e. The van der Waals surface area contributed by atoms with Crippen LogP contribution >= 0.6 is 0 Å². The van der Waals surface area contributed by atoms with Gasteiger partial charge in [-0.15, -0.1) is 0 Å². The summed E-state index contributed by atoms with van der Waals surface area (Å²) in [7, 11) is 1.67. The number of methoxy groups -OCH3 is 1. The van der Waals surface area contributed by atoms with Gasteiger partial charge in [0.25, 0.3) is 0 Å². The molecule has 0 amide bonds. The summed E-state index contributed by atoms with van der Waals surface area (Å²) in [5.74, 6) is 0.361. The Hall–Kier alpha value is -5.48. The van der Waals surface area contributed by atoms with Crippen molar-refractivity contribution in [2.75, 3.05) is 12.0 Å². The normalized spacial score (nSPS) is 14.9. The molecule has 4 heteroatoms. The average molecular weight is 572 g/mol. The number of rotatable bonds is 3. The number of fused-ring (bicyclic) bond motifs is 6. The lowest BCUT2D eigenvalue weighted by Crippen LogP contribution is -2.31. The van der Waals surface area contributed by atoms with Gasteiger partial charge < -0.3 is 9.64 Å². The van der Waals surface area contributed by atoms with E-state index in [-0.39, 0.29) is 22.6 Å². The first-order valence-electron chi connectivity index (χ1n) is 14.8. The topological polar surface area (TPSA) is 46.6 Å². The van der Waals surface area contributed by atoms with Crippen molar-refractivity contribution in [2.45, 2.75) is 19.3 Å². The first kappa shape index (κ1) is 26.2. The molecular weight excluding hydrogens is 542 g/mol. The number of benzene rings is 6. The first-order chi connectivity index (χ1) is 21.3. The van der Waals surface area contributed by atoms with E-state index in [1.165, 1.54) is 16.3 Å². The summed E-state index contributed by atoms with van der Waals surface area (Å²) < 4.78 is 5.46. The van der Waals surface area contributed by atoms with Gasteiger partial charge in [-0.05, 0) is 87.5 Å². The lowest BCUT2D eigenvalue weighted by molar-refractivity contribution is 0.0990. The molecule has 0 atom stereocenters. The van der Waals surface area contributed by atoms with E-state index in [0.717, 1.165) is 44.7 Å². The zero-order valence-electron chi connectivity index (χ0n) is 24.7. The van der Waals surface area contributed by atoms with Crippen LogP contribution in [0.1, 0.15) is 51.3 Å². The number of ether oxygens (including phenoxy) is 1. The second-order valence-corrected chi connectivity index (χ2v) is 12.1. The third-order valence-electron chi connectivity index (χ3n) is 9.24. The molecule has 0 saturated carbocycles. The third kappa shape index (κ3) is 3.77. The number of ketones is 2. The van der Waals surface area contributed by atoms with E-state index in [9.17, 15) is 9.59 Å². The highest BCUT2D eigenvalue weighted by Gasteiger charge is 2.39. The minimum absolute atomic E-state index is 0.210. The second-order valence-electron chi connectivity index (χ2n) is 12.1. The van der Waals surface area contributed by atoms with E-state index in [1.54, 1.807) is 13.2 Å². The Kier molecular flexibility index (Phi) is 5.66. The van der Waals surface area contributed by atoms with E-state index >= 15 is 0 Å². The molecule has 6 aromatic rings. The molecule has 44 heavy (non-hydrogen) atoms. The van der Waals surface area contributed by atoms with Crippen molar-refractivity contribution >= 4 is 56.2 Å². The number of allylic oxidation sites excluding steroid dienone is 1. The van der Waals surface area contributed by atoms with E-state index < -0.39 is 0 Å². The standard InChI is InChI=1S/C40H29NO3/c1-40(2)34-18-13-25-8-6-7-11-30(25)37(34)41(28-14-16-29(44-3)17-15-28)36-19-12-24(21-35(36)40)20-33-38(42)31-22-26-9-4-5-10-27(26)23-32(31)39(33)43/h4-23H,1-3H3. The van der Waals surface area contributed by atoms with Gasteiger partial charge in [-0.3, -0.25) is 9.59 Å². The summed E-state index contributed by atoms with van der Waals surface area (Å²) in [6.07, 6.45) is 1.76. The van der Waals surface area contributed by atoms with E-state index in [1.807, 2.05) is 54.6 Å². The molecule has 0 aromatic heterocycles. The van der Waals surface area contributed by atoms with Gasteiger partial charge in [0.15, 0.2) is 11.6 Å². The zero-order valence-corrected chi connectivity index (χ0v) is 24.7. The fraction of sp³-hybridized carbons (Fsp3) is 0.100. The van der Waals surface area contributed by atoms with Crippen LogP contribution in [-0.2, 0) is 5.41 Å². The van der Waals surface area contributed by atoms with Crippen LogP contribution < -0.4 is 9.64 Å². The van der Waals surface area contributed by atoms with Crippen LogP contribution in [0.4, 0.5) is 17.1 Å². The number of anilines is 3. The van der Waals surface area contributed by atoms with Gasteiger partial charge in [0.1, 0.15) is 5.75 Å². The molecule has 8 rings (SSSR count). The summed E-state index contributed by atoms with van der Waals surface area (Å²) >= 11 is 0. The molecule has 0 fully saturated rings. The van der Waals surface area contributed by atoms with Crippen LogP contribution in [0.5, 0.6) is 5.75 Å². The van der Waals surface area contributed by atoms with Gasteiger partial charge in [-0.2, -0.15) is 0 Å². The second kappa shape index (κ2) is 9.51. The molecule has 2 aliphatic rings. The number of nitrogens with zero attached hydrogens (tertiary/aromatic N) is 1. The largest absolute Gasteiger partial charge is 0.497 e.